The number of likely N-dealkylation sites (tertiary alicyclic amines) is 1. The van der Waals surface area contributed by atoms with Crippen LogP contribution in [0.3, 0.4) is 0 Å². The van der Waals surface area contributed by atoms with Crippen molar-refractivity contribution in [3.63, 3.8) is 0 Å². The minimum atomic E-state index is -3.47. The molecule has 1 unspecified atom stereocenters. The van der Waals surface area contributed by atoms with Crippen LogP contribution < -0.4 is 0 Å². The lowest BCUT2D eigenvalue weighted by Gasteiger charge is -2.39. The van der Waals surface area contributed by atoms with E-state index in [1.807, 2.05) is 11.4 Å². The lowest BCUT2D eigenvalue weighted by molar-refractivity contribution is 0.186. The van der Waals surface area contributed by atoms with Crippen LogP contribution in [0.2, 0.25) is 0 Å². The Labute approximate surface area is 129 Å². The SMILES string of the molecule is O=S1(=O)CC(N2CCCCC2)C2=C(O1)c1ccsc1CC2. The zero-order valence-corrected chi connectivity index (χ0v) is 13.5. The van der Waals surface area contributed by atoms with Crippen LogP contribution in [0.25, 0.3) is 5.76 Å². The third kappa shape index (κ3) is 2.43. The van der Waals surface area contributed by atoms with Gasteiger partial charge in [0.25, 0.3) is 0 Å². The van der Waals surface area contributed by atoms with Gasteiger partial charge in [-0.15, -0.1) is 11.3 Å². The van der Waals surface area contributed by atoms with Gasteiger partial charge >= 0.3 is 10.1 Å². The molecule has 1 aromatic heterocycles. The first-order chi connectivity index (χ1) is 10.1. The van der Waals surface area contributed by atoms with Gasteiger partial charge in [-0.2, -0.15) is 8.42 Å². The molecule has 1 fully saturated rings. The summed E-state index contributed by atoms with van der Waals surface area (Å²) in [5, 5.41) is 2.03. The number of thiophene rings is 1. The lowest BCUT2D eigenvalue weighted by Crippen LogP contribution is -2.47. The maximum absolute atomic E-state index is 12.2. The molecule has 0 N–H and O–H groups in total. The summed E-state index contributed by atoms with van der Waals surface area (Å²) in [4.78, 5) is 3.61. The van der Waals surface area contributed by atoms with E-state index < -0.39 is 10.1 Å². The quantitative estimate of drug-likeness (QED) is 0.745. The fraction of sp³-hybridized carbons (Fsp3) is 0.600. The van der Waals surface area contributed by atoms with E-state index in [1.54, 1.807) is 11.3 Å². The van der Waals surface area contributed by atoms with Crippen LogP contribution in [0.5, 0.6) is 0 Å². The van der Waals surface area contributed by atoms with Gasteiger partial charge in [-0.05, 0) is 55.8 Å². The topological polar surface area (TPSA) is 46.6 Å². The Hall–Kier alpha value is -0.850. The maximum atomic E-state index is 12.2. The van der Waals surface area contributed by atoms with E-state index in [-0.39, 0.29) is 11.8 Å². The molecule has 3 aliphatic rings. The highest BCUT2D eigenvalue weighted by molar-refractivity contribution is 7.87. The number of hydrogen-bond acceptors (Lipinski definition) is 5. The summed E-state index contributed by atoms with van der Waals surface area (Å²) < 4.78 is 29.8. The van der Waals surface area contributed by atoms with Crippen molar-refractivity contribution in [1.29, 1.82) is 0 Å². The highest BCUT2D eigenvalue weighted by Crippen LogP contribution is 2.41. The van der Waals surface area contributed by atoms with Crippen LogP contribution in [0, 0.1) is 0 Å². The van der Waals surface area contributed by atoms with Gasteiger partial charge in [-0.3, -0.25) is 4.90 Å². The molecule has 0 bridgehead atoms. The monoisotopic (exact) mass is 325 g/mol. The van der Waals surface area contributed by atoms with Gasteiger partial charge in [0, 0.05) is 10.4 Å². The van der Waals surface area contributed by atoms with E-state index in [0.717, 1.165) is 31.5 Å². The number of aryl methyl sites for hydroxylation is 1. The van der Waals surface area contributed by atoms with E-state index in [4.69, 9.17) is 4.18 Å². The van der Waals surface area contributed by atoms with E-state index >= 15 is 0 Å². The van der Waals surface area contributed by atoms with Gasteiger partial charge in [0.15, 0.2) is 5.76 Å². The molecule has 0 saturated carbocycles. The van der Waals surface area contributed by atoms with Gasteiger partial charge in [0.2, 0.25) is 0 Å². The summed E-state index contributed by atoms with van der Waals surface area (Å²) >= 11 is 1.70. The number of hydrogen-bond donors (Lipinski definition) is 0. The van der Waals surface area contributed by atoms with E-state index in [2.05, 4.69) is 4.90 Å². The minimum Gasteiger partial charge on any atom is -0.382 e. The molecule has 1 atom stereocenters. The lowest BCUT2D eigenvalue weighted by atomic mass is 9.90. The number of rotatable bonds is 1. The molecular weight excluding hydrogens is 306 g/mol. The number of piperidine rings is 1. The van der Waals surface area contributed by atoms with Crippen molar-refractivity contribution in [2.45, 2.75) is 38.1 Å². The Morgan fingerprint density at radius 2 is 2.00 bits per heavy atom. The minimum absolute atomic E-state index is 0.0205. The standard InChI is InChI=1S/C15H19NO3S2/c17-21(18)10-13(16-7-2-1-3-8-16)11-4-5-14-12(6-9-20-14)15(11)19-21/h6,9,13H,1-5,7-8,10H2. The molecule has 6 heteroatoms. The van der Waals surface area contributed by atoms with Crippen LogP contribution in [0.15, 0.2) is 17.0 Å². The van der Waals surface area contributed by atoms with E-state index in [9.17, 15) is 8.42 Å². The van der Waals surface area contributed by atoms with Crippen molar-refractivity contribution in [2.24, 2.45) is 0 Å². The van der Waals surface area contributed by atoms with E-state index in [0.29, 0.717) is 5.76 Å². The predicted octanol–water partition coefficient (Wildman–Crippen LogP) is 2.62. The van der Waals surface area contributed by atoms with E-state index in [1.165, 1.54) is 29.7 Å². The van der Waals surface area contributed by atoms with Gasteiger partial charge in [0.1, 0.15) is 5.75 Å². The maximum Gasteiger partial charge on any atom is 0.311 e. The van der Waals surface area contributed by atoms with Crippen molar-refractivity contribution in [1.82, 2.24) is 4.90 Å². The molecule has 0 aromatic carbocycles. The van der Waals surface area contributed by atoms with Crippen LogP contribution in [-0.4, -0.2) is 38.2 Å². The molecular formula is C15H19NO3S2. The van der Waals surface area contributed by atoms with Crippen molar-refractivity contribution < 1.29 is 12.6 Å². The number of nitrogens with zero attached hydrogens (tertiary/aromatic N) is 1. The molecule has 21 heavy (non-hydrogen) atoms. The Kier molecular flexibility index (Phi) is 3.35. The molecule has 2 aliphatic heterocycles. The average molecular weight is 325 g/mol. The first-order valence-corrected chi connectivity index (χ1v) is 10.1. The van der Waals surface area contributed by atoms with Crippen LogP contribution >= 0.6 is 11.3 Å². The summed E-state index contributed by atoms with van der Waals surface area (Å²) in [6.07, 6.45) is 5.54. The fourth-order valence-corrected chi connectivity index (χ4v) is 5.89. The second kappa shape index (κ2) is 5.11. The summed E-state index contributed by atoms with van der Waals surface area (Å²) in [5.41, 5.74) is 2.21. The largest absolute Gasteiger partial charge is 0.382 e. The molecule has 4 rings (SSSR count). The summed E-state index contributed by atoms with van der Waals surface area (Å²) in [6.45, 7) is 2.01. The first kappa shape index (κ1) is 13.8. The van der Waals surface area contributed by atoms with Crippen LogP contribution in [-0.2, 0) is 20.7 Å². The Morgan fingerprint density at radius 1 is 1.19 bits per heavy atom. The zero-order chi connectivity index (χ0) is 14.4. The van der Waals surface area contributed by atoms with Crippen LogP contribution in [0.4, 0.5) is 0 Å². The Morgan fingerprint density at radius 3 is 2.81 bits per heavy atom. The normalized spacial score (nSPS) is 28.7. The van der Waals surface area contributed by atoms with Crippen LogP contribution in [0.1, 0.15) is 36.1 Å². The highest BCUT2D eigenvalue weighted by atomic mass is 32.2. The molecule has 3 heterocycles. The molecule has 0 amide bonds. The third-order valence-corrected chi connectivity index (χ3v) is 6.83. The second-order valence-electron chi connectivity index (χ2n) is 6.03. The van der Waals surface area contributed by atoms with Crippen molar-refractivity contribution in [2.75, 3.05) is 18.8 Å². The average Bonchev–Trinajstić information content (AvgIpc) is 2.95. The van der Waals surface area contributed by atoms with Gasteiger partial charge in [-0.25, -0.2) is 0 Å². The zero-order valence-electron chi connectivity index (χ0n) is 11.9. The summed E-state index contributed by atoms with van der Waals surface area (Å²) in [5.74, 6) is 0.755. The molecule has 1 aromatic rings. The third-order valence-electron chi connectivity index (χ3n) is 4.71. The summed E-state index contributed by atoms with van der Waals surface area (Å²) in [6, 6.07) is 2.02. The van der Waals surface area contributed by atoms with Crippen molar-refractivity contribution in [3.8, 4) is 0 Å². The summed E-state index contributed by atoms with van der Waals surface area (Å²) in [7, 11) is -3.47. The molecule has 1 aliphatic carbocycles. The molecule has 114 valence electrons. The smallest absolute Gasteiger partial charge is 0.311 e. The Balaban J connectivity index is 1.78. The van der Waals surface area contributed by atoms with Gasteiger partial charge in [0.05, 0.1) is 6.04 Å². The highest BCUT2D eigenvalue weighted by Gasteiger charge is 2.40. The fourth-order valence-electron chi connectivity index (χ4n) is 3.70. The Bertz CT molecular complexity index is 684. The second-order valence-corrected chi connectivity index (χ2v) is 8.65. The predicted molar refractivity (Wildman–Crippen MR) is 83.6 cm³/mol. The molecule has 1 saturated heterocycles. The van der Waals surface area contributed by atoms with Crippen molar-refractivity contribution in [3.05, 3.63) is 27.5 Å². The van der Waals surface area contributed by atoms with Crippen molar-refractivity contribution >= 4 is 27.2 Å². The van der Waals surface area contributed by atoms with Gasteiger partial charge < -0.3 is 4.18 Å². The molecule has 0 spiro atoms. The van der Waals surface area contributed by atoms with Gasteiger partial charge in [-0.1, -0.05) is 6.42 Å². The first-order valence-electron chi connectivity index (χ1n) is 7.60. The molecule has 4 nitrogen and oxygen atoms in total. The number of fused-ring (bicyclic) bond motifs is 2. The molecule has 0 radical (unpaired) electrons.